The topological polar surface area (TPSA) is 80.6 Å². The van der Waals surface area contributed by atoms with Crippen LogP contribution in [-0.2, 0) is 13.1 Å². The van der Waals surface area contributed by atoms with Crippen molar-refractivity contribution < 1.29 is 23.3 Å². The second-order valence-corrected chi connectivity index (χ2v) is 9.75. The molecule has 2 N–H and O–H groups in total. The number of benzene rings is 3. The number of halogens is 2. The molecule has 0 fully saturated rings. The molecule has 5 rings (SSSR count). The number of nitrogens with zero attached hydrogens (tertiary/aromatic N) is 3. The third kappa shape index (κ3) is 5.15. The summed E-state index contributed by atoms with van der Waals surface area (Å²) in [4.78, 5) is 27.9. The van der Waals surface area contributed by atoms with Crippen LogP contribution in [0.15, 0.2) is 78.9 Å². The van der Waals surface area contributed by atoms with E-state index in [1.165, 1.54) is 6.07 Å². The monoisotopic (exact) mass is 545 g/mol. The molecule has 3 aromatic carbocycles. The Morgan fingerprint density at radius 3 is 2.38 bits per heavy atom. The number of hydrogen-bond donors (Lipinski definition) is 1. The predicted octanol–water partition coefficient (Wildman–Crippen LogP) is 5.51. The van der Waals surface area contributed by atoms with Crippen LogP contribution in [0.5, 0.6) is 5.75 Å². The number of carbonyl (C=O) groups excluding carboxylic acids is 2. The van der Waals surface area contributed by atoms with E-state index >= 15 is 0 Å². The summed E-state index contributed by atoms with van der Waals surface area (Å²) in [6.07, 6.45) is 0. The minimum Gasteiger partial charge on any atom is -0.497 e. The van der Waals surface area contributed by atoms with Crippen molar-refractivity contribution in [3.8, 4) is 5.75 Å². The highest BCUT2D eigenvalue weighted by Crippen LogP contribution is 2.28. The fourth-order valence-electron chi connectivity index (χ4n) is 4.84. The summed E-state index contributed by atoms with van der Waals surface area (Å²) in [5.74, 6) is -0.305. The highest BCUT2D eigenvalue weighted by Gasteiger charge is 2.42. The number of hydrogen-bond acceptors (Lipinski definition) is 3. The summed E-state index contributed by atoms with van der Waals surface area (Å²) >= 11 is 6.06. The summed E-state index contributed by atoms with van der Waals surface area (Å²) in [5.41, 5.74) is 9.86. The summed E-state index contributed by atoms with van der Waals surface area (Å²) in [6.45, 7) is 2.53. The van der Waals surface area contributed by atoms with Gasteiger partial charge in [-0.15, -0.1) is 0 Å². The number of methoxy groups -OCH3 is 1. The Morgan fingerprint density at radius 2 is 1.74 bits per heavy atom. The van der Waals surface area contributed by atoms with E-state index in [9.17, 15) is 14.0 Å². The van der Waals surface area contributed by atoms with Gasteiger partial charge in [0.2, 0.25) is 0 Å². The first kappa shape index (κ1) is 26.2. The largest absolute Gasteiger partial charge is 0.499 e. The lowest BCUT2D eigenvalue weighted by Gasteiger charge is -2.13. The van der Waals surface area contributed by atoms with Gasteiger partial charge in [-0.2, -0.15) is 9.37 Å². The number of rotatable bonds is 8. The Morgan fingerprint density at radius 1 is 1.05 bits per heavy atom. The molecule has 9 heteroatoms. The molecular formula is C30H27ClFN4O3+. The Balaban J connectivity index is 1.65. The van der Waals surface area contributed by atoms with Gasteiger partial charge < -0.3 is 15.0 Å². The van der Waals surface area contributed by atoms with Crippen molar-refractivity contribution in [1.29, 1.82) is 0 Å². The van der Waals surface area contributed by atoms with Gasteiger partial charge in [0, 0.05) is 16.3 Å². The molecule has 39 heavy (non-hydrogen) atoms. The van der Waals surface area contributed by atoms with Crippen LogP contribution in [0.1, 0.15) is 32.9 Å². The highest BCUT2D eigenvalue weighted by atomic mass is 35.5. The van der Waals surface area contributed by atoms with Crippen LogP contribution in [0.4, 0.5) is 14.9 Å². The number of carbonyl (C=O) groups is 2. The van der Waals surface area contributed by atoms with Crippen LogP contribution in [0, 0.1) is 12.7 Å². The van der Waals surface area contributed by atoms with E-state index in [1.54, 1.807) is 84.2 Å². The molecule has 1 aliphatic rings. The quantitative estimate of drug-likeness (QED) is 0.296. The summed E-state index contributed by atoms with van der Waals surface area (Å²) in [5, 5.41) is 0.610. The molecule has 1 aliphatic heterocycles. The van der Waals surface area contributed by atoms with Gasteiger partial charge in [0.1, 0.15) is 23.8 Å². The van der Waals surface area contributed by atoms with E-state index in [1.807, 2.05) is 16.7 Å². The molecule has 2 heterocycles. The predicted molar refractivity (Wildman–Crippen MR) is 147 cm³/mol. The van der Waals surface area contributed by atoms with Crippen molar-refractivity contribution in [2.45, 2.75) is 20.0 Å². The number of primary amides is 1. The maximum atomic E-state index is 14.7. The van der Waals surface area contributed by atoms with Crippen molar-refractivity contribution in [2.75, 3.05) is 13.7 Å². The van der Waals surface area contributed by atoms with E-state index in [-0.39, 0.29) is 24.9 Å². The molecule has 198 valence electrons. The van der Waals surface area contributed by atoms with Gasteiger partial charge >= 0.3 is 6.03 Å². The molecule has 7 nitrogen and oxygen atoms in total. The summed E-state index contributed by atoms with van der Waals surface area (Å²) in [6, 6.07) is 22.4. The summed E-state index contributed by atoms with van der Waals surface area (Å²) in [7, 11) is 1.57. The first-order valence-corrected chi connectivity index (χ1v) is 12.7. The summed E-state index contributed by atoms with van der Waals surface area (Å²) < 4.78 is 23.4. The Kier molecular flexibility index (Phi) is 7.21. The molecule has 0 bridgehead atoms. The van der Waals surface area contributed by atoms with Gasteiger partial charge in [0.15, 0.2) is 12.3 Å². The lowest BCUT2D eigenvalue weighted by atomic mass is 10.1. The van der Waals surface area contributed by atoms with Gasteiger partial charge in [-0.05, 0) is 61.0 Å². The molecular weight excluding hydrogens is 519 g/mol. The lowest BCUT2D eigenvalue weighted by Crippen LogP contribution is -2.28. The standard InChI is InChI=1S/C30H26ClFN4O3/c1-19-25(29(33)37)15-27(35(19)17-21-5-3-4-6-26(21)32)28-18-34(16-20-7-9-22(31)10-8-20)30(38)36(28)23-11-13-24(39-2)14-12-23/h3-15H,16-18H2,1-2H3,(H-,33,37)/p+1. The van der Waals surface area contributed by atoms with Crippen LogP contribution in [-0.4, -0.2) is 45.3 Å². The van der Waals surface area contributed by atoms with Gasteiger partial charge in [0.05, 0.1) is 24.9 Å². The molecule has 0 spiro atoms. The van der Waals surface area contributed by atoms with E-state index in [4.69, 9.17) is 22.1 Å². The SMILES string of the molecule is COc1ccc([N+]2=C(c3cc(C(N)=O)c(C)n3Cc3ccccc3F)CN(Cc3ccc(Cl)cc3)C2=O)cc1. The second kappa shape index (κ2) is 10.7. The van der Waals surface area contributed by atoms with Crippen molar-refractivity contribution in [3.63, 3.8) is 0 Å². The zero-order valence-corrected chi connectivity index (χ0v) is 22.3. The molecule has 0 unspecified atom stereocenters. The first-order valence-electron chi connectivity index (χ1n) is 12.3. The van der Waals surface area contributed by atoms with E-state index in [2.05, 4.69) is 0 Å². The van der Waals surface area contributed by atoms with E-state index < -0.39 is 5.91 Å². The first-order chi connectivity index (χ1) is 18.8. The molecule has 0 aliphatic carbocycles. The molecule has 4 aromatic rings. The van der Waals surface area contributed by atoms with Crippen LogP contribution in [0.2, 0.25) is 5.02 Å². The van der Waals surface area contributed by atoms with E-state index in [0.717, 1.165) is 5.56 Å². The molecule has 3 amide bonds. The number of nitrogens with two attached hydrogens (primary N) is 1. The molecule has 0 saturated heterocycles. The van der Waals surface area contributed by atoms with Gasteiger partial charge in [0.25, 0.3) is 5.91 Å². The highest BCUT2D eigenvalue weighted by molar-refractivity contribution is 6.30. The third-order valence-corrected chi connectivity index (χ3v) is 7.16. The minimum absolute atomic E-state index is 0.159. The Bertz CT molecular complexity index is 1590. The van der Waals surface area contributed by atoms with E-state index in [0.29, 0.717) is 51.2 Å². The van der Waals surface area contributed by atoms with Crippen LogP contribution in [0.3, 0.4) is 0 Å². The van der Waals surface area contributed by atoms with Gasteiger partial charge in [-0.1, -0.05) is 41.9 Å². The lowest BCUT2D eigenvalue weighted by molar-refractivity contribution is -0.332. The second-order valence-electron chi connectivity index (χ2n) is 9.32. The number of urea groups is 1. The van der Waals surface area contributed by atoms with Crippen molar-refractivity contribution >= 4 is 34.9 Å². The van der Waals surface area contributed by atoms with Crippen molar-refractivity contribution in [3.05, 3.63) is 118 Å². The van der Waals surface area contributed by atoms with Gasteiger partial charge in [-0.3, -0.25) is 4.79 Å². The Labute approximate surface area is 230 Å². The van der Waals surface area contributed by atoms with Crippen LogP contribution < -0.4 is 10.5 Å². The van der Waals surface area contributed by atoms with Gasteiger partial charge in [-0.25, -0.2) is 9.29 Å². The molecule has 1 aromatic heterocycles. The smallest absolute Gasteiger partial charge is 0.497 e. The maximum Gasteiger partial charge on any atom is 0.499 e. The normalized spacial score (nSPS) is 13.3. The van der Waals surface area contributed by atoms with Crippen LogP contribution in [0.25, 0.3) is 0 Å². The average molecular weight is 546 g/mol. The number of amides is 3. The molecule has 0 atom stereocenters. The number of aromatic nitrogens is 1. The van der Waals surface area contributed by atoms with Crippen molar-refractivity contribution in [2.24, 2.45) is 5.73 Å². The Hall–Kier alpha value is -4.43. The maximum absolute atomic E-state index is 14.7. The average Bonchev–Trinajstić information content (AvgIpc) is 3.43. The molecule has 0 radical (unpaired) electrons. The van der Waals surface area contributed by atoms with Crippen LogP contribution >= 0.6 is 11.6 Å². The minimum atomic E-state index is -0.597. The fourth-order valence-corrected chi connectivity index (χ4v) is 4.96. The molecule has 0 saturated carbocycles. The zero-order valence-electron chi connectivity index (χ0n) is 21.5. The zero-order chi connectivity index (χ0) is 27.7. The fraction of sp³-hybridized carbons (Fsp3) is 0.167. The number of ether oxygens (including phenoxy) is 1. The van der Waals surface area contributed by atoms with Crippen molar-refractivity contribution in [1.82, 2.24) is 9.47 Å². The third-order valence-electron chi connectivity index (χ3n) is 6.90.